The quantitative estimate of drug-likeness (QED) is 0.672. The van der Waals surface area contributed by atoms with E-state index in [2.05, 4.69) is 29.5 Å². The summed E-state index contributed by atoms with van der Waals surface area (Å²) >= 11 is 6.37. The number of amides is 1. The molecule has 5 nitrogen and oxygen atoms in total. The molecule has 0 bridgehead atoms. The average Bonchev–Trinajstić information content (AvgIpc) is 2.61. The van der Waals surface area contributed by atoms with Crippen LogP contribution in [-0.2, 0) is 0 Å². The van der Waals surface area contributed by atoms with Crippen molar-refractivity contribution in [2.45, 2.75) is 71.1 Å². The van der Waals surface area contributed by atoms with Gasteiger partial charge in [-0.25, -0.2) is 0 Å². The van der Waals surface area contributed by atoms with Gasteiger partial charge in [-0.3, -0.25) is 9.78 Å². The summed E-state index contributed by atoms with van der Waals surface area (Å²) < 4.78 is 0. The Morgan fingerprint density at radius 1 is 1.21 bits per heavy atom. The van der Waals surface area contributed by atoms with Crippen molar-refractivity contribution >= 4 is 34.1 Å². The number of hydrogen-bond acceptors (Lipinski definition) is 4. The molecule has 28 heavy (non-hydrogen) atoms. The zero-order chi connectivity index (χ0) is 20.5. The first-order valence-electron chi connectivity index (χ1n) is 10.0. The molecule has 1 heterocycles. The van der Waals surface area contributed by atoms with E-state index in [1.807, 2.05) is 32.0 Å². The second kappa shape index (κ2) is 8.26. The second-order valence-corrected chi connectivity index (χ2v) is 9.13. The van der Waals surface area contributed by atoms with Crippen LogP contribution in [0.4, 0.5) is 5.69 Å². The predicted octanol–water partition coefficient (Wildman–Crippen LogP) is 4.77. The highest BCUT2D eigenvalue weighted by atomic mass is 35.5. The third kappa shape index (κ3) is 4.95. The summed E-state index contributed by atoms with van der Waals surface area (Å²) in [6.45, 7) is 7.84. The van der Waals surface area contributed by atoms with Gasteiger partial charge in [0.1, 0.15) is 0 Å². The van der Waals surface area contributed by atoms with Crippen molar-refractivity contribution in [3.05, 3.63) is 35.0 Å². The first-order valence-corrected chi connectivity index (χ1v) is 10.4. The monoisotopic (exact) mass is 403 g/mol. The van der Waals surface area contributed by atoms with E-state index in [0.29, 0.717) is 16.5 Å². The Hall–Kier alpha value is -1.85. The van der Waals surface area contributed by atoms with Gasteiger partial charge in [0.15, 0.2) is 0 Å². The van der Waals surface area contributed by atoms with Gasteiger partial charge in [-0.1, -0.05) is 11.6 Å². The Balaban J connectivity index is 1.69. The van der Waals surface area contributed by atoms with Crippen LogP contribution >= 0.6 is 11.6 Å². The molecule has 1 saturated carbocycles. The van der Waals surface area contributed by atoms with Crippen molar-refractivity contribution in [2.75, 3.05) is 5.32 Å². The van der Waals surface area contributed by atoms with Crippen LogP contribution in [0.5, 0.6) is 0 Å². The molecule has 1 aromatic heterocycles. The van der Waals surface area contributed by atoms with E-state index in [0.717, 1.165) is 42.3 Å². The number of halogens is 1. The smallest absolute Gasteiger partial charge is 0.253 e. The first-order chi connectivity index (χ1) is 13.1. The van der Waals surface area contributed by atoms with E-state index in [1.165, 1.54) is 0 Å². The van der Waals surface area contributed by atoms with Crippen molar-refractivity contribution in [1.29, 1.82) is 0 Å². The summed E-state index contributed by atoms with van der Waals surface area (Å²) in [5, 5.41) is 18.0. The number of fused-ring (bicyclic) bond motifs is 1. The number of carbonyl (C=O) groups excluding carboxylic acids is 1. The first kappa shape index (κ1) is 20.9. The summed E-state index contributed by atoms with van der Waals surface area (Å²) in [6, 6.07) is 6.01. The summed E-state index contributed by atoms with van der Waals surface area (Å²) in [6.07, 6.45) is 5.24. The van der Waals surface area contributed by atoms with Crippen molar-refractivity contribution in [2.24, 2.45) is 5.92 Å². The SMILES string of the molecule is CC(C)Nc1cc2ncc(C(=O)N[C@H]3CC[C@H](C(C)(C)O)CC3)cc2cc1Cl. The second-order valence-electron chi connectivity index (χ2n) is 8.72. The molecule has 1 aliphatic rings. The molecule has 1 fully saturated rings. The number of nitrogens with zero attached hydrogens (tertiary/aromatic N) is 1. The molecule has 0 aliphatic heterocycles. The van der Waals surface area contributed by atoms with Crippen molar-refractivity contribution in [3.63, 3.8) is 0 Å². The minimum absolute atomic E-state index is 0.110. The number of hydrogen-bond donors (Lipinski definition) is 3. The van der Waals surface area contributed by atoms with Gasteiger partial charge >= 0.3 is 0 Å². The fourth-order valence-corrected chi connectivity index (χ4v) is 4.13. The van der Waals surface area contributed by atoms with Crippen LogP contribution in [0.25, 0.3) is 10.9 Å². The highest BCUT2D eigenvalue weighted by Crippen LogP contribution is 2.33. The number of rotatable bonds is 5. The predicted molar refractivity (Wildman–Crippen MR) is 115 cm³/mol. The van der Waals surface area contributed by atoms with Crippen molar-refractivity contribution in [3.8, 4) is 0 Å². The molecule has 0 saturated heterocycles. The molecule has 152 valence electrons. The highest BCUT2D eigenvalue weighted by molar-refractivity contribution is 6.34. The van der Waals surface area contributed by atoms with E-state index in [1.54, 1.807) is 6.20 Å². The third-order valence-corrected chi connectivity index (χ3v) is 5.85. The largest absolute Gasteiger partial charge is 0.390 e. The zero-order valence-corrected chi connectivity index (χ0v) is 17.8. The van der Waals surface area contributed by atoms with Gasteiger partial charge in [0.25, 0.3) is 5.91 Å². The maximum Gasteiger partial charge on any atom is 0.253 e. The van der Waals surface area contributed by atoms with Crippen LogP contribution < -0.4 is 10.6 Å². The van der Waals surface area contributed by atoms with Gasteiger partial charge in [-0.05, 0) is 77.5 Å². The number of carbonyl (C=O) groups is 1. The third-order valence-electron chi connectivity index (χ3n) is 5.54. The molecule has 1 aliphatic carbocycles. The number of pyridine rings is 1. The van der Waals surface area contributed by atoms with Crippen LogP contribution in [0.1, 0.15) is 63.7 Å². The number of benzene rings is 1. The molecule has 1 aromatic carbocycles. The summed E-state index contributed by atoms with van der Waals surface area (Å²) in [5.41, 5.74) is 1.53. The Morgan fingerprint density at radius 3 is 2.50 bits per heavy atom. The Labute approximate surface area is 171 Å². The van der Waals surface area contributed by atoms with Crippen LogP contribution in [-0.4, -0.2) is 33.7 Å². The molecule has 0 unspecified atom stereocenters. The summed E-state index contributed by atoms with van der Waals surface area (Å²) in [7, 11) is 0. The van der Waals surface area contributed by atoms with Crippen molar-refractivity contribution in [1.82, 2.24) is 10.3 Å². The van der Waals surface area contributed by atoms with Gasteiger partial charge in [0.05, 0.1) is 27.4 Å². The van der Waals surface area contributed by atoms with E-state index in [9.17, 15) is 9.90 Å². The Bertz CT molecular complexity index is 853. The molecule has 6 heteroatoms. The lowest BCUT2D eigenvalue weighted by atomic mass is 9.77. The van der Waals surface area contributed by atoms with Gasteiger partial charge in [0, 0.05) is 23.7 Å². The normalized spacial score (nSPS) is 20.4. The molecular formula is C22H30ClN3O2. The number of aliphatic hydroxyl groups is 1. The standard InChI is InChI=1S/C22H30ClN3O2/c1-13(2)25-20-11-19-14(10-18(20)23)9-15(12-24-19)21(27)26-17-7-5-16(6-8-17)22(3,4)28/h9-13,16-17,25,28H,5-8H2,1-4H3,(H,26,27)/t16-,17-. The minimum Gasteiger partial charge on any atom is -0.390 e. The Morgan fingerprint density at radius 2 is 1.89 bits per heavy atom. The lowest BCUT2D eigenvalue weighted by Crippen LogP contribution is -2.41. The zero-order valence-electron chi connectivity index (χ0n) is 17.1. The lowest BCUT2D eigenvalue weighted by Gasteiger charge is -2.36. The highest BCUT2D eigenvalue weighted by Gasteiger charge is 2.31. The summed E-state index contributed by atoms with van der Waals surface area (Å²) in [5.74, 6) is 0.181. The number of anilines is 1. The topological polar surface area (TPSA) is 74.2 Å². The van der Waals surface area contributed by atoms with Crippen LogP contribution in [0, 0.1) is 5.92 Å². The number of nitrogens with one attached hydrogen (secondary N) is 2. The molecule has 1 amide bonds. The molecule has 2 aromatic rings. The van der Waals surface area contributed by atoms with E-state index < -0.39 is 5.60 Å². The van der Waals surface area contributed by atoms with E-state index >= 15 is 0 Å². The van der Waals surface area contributed by atoms with Crippen LogP contribution in [0.2, 0.25) is 5.02 Å². The van der Waals surface area contributed by atoms with Gasteiger partial charge in [-0.2, -0.15) is 0 Å². The Kier molecular flexibility index (Phi) is 6.15. The minimum atomic E-state index is -0.653. The van der Waals surface area contributed by atoms with Crippen LogP contribution in [0.3, 0.4) is 0 Å². The molecule has 3 N–H and O–H groups in total. The van der Waals surface area contributed by atoms with Gasteiger partial charge in [-0.15, -0.1) is 0 Å². The maximum atomic E-state index is 12.7. The molecule has 0 atom stereocenters. The van der Waals surface area contributed by atoms with E-state index in [4.69, 9.17) is 11.6 Å². The fraction of sp³-hybridized carbons (Fsp3) is 0.545. The lowest BCUT2D eigenvalue weighted by molar-refractivity contribution is -0.00257. The van der Waals surface area contributed by atoms with Crippen LogP contribution in [0.15, 0.2) is 24.4 Å². The van der Waals surface area contributed by atoms with Crippen molar-refractivity contribution < 1.29 is 9.90 Å². The maximum absolute atomic E-state index is 12.7. The molecule has 3 rings (SSSR count). The van der Waals surface area contributed by atoms with Gasteiger partial charge < -0.3 is 15.7 Å². The van der Waals surface area contributed by atoms with Gasteiger partial charge in [0.2, 0.25) is 0 Å². The fourth-order valence-electron chi connectivity index (χ4n) is 3.91. The molecular weight excluding hydrogens is 374 g/mol. The average molecular weight is 404 g/mol. The molecule has 0 spiro atoms. The molecule has 0 radical (unpaired) electrons. The summed E-state index contributed by atoms with van der Waals surface area (Å²) in [4.78, 5) is 17.1. The van der Waals surface area contributed by atoms with E-state index in [-0.39, 0.29) is 18.0 Å². The number of aromatic nitrogens is 1.